The van der Waals surface area contributed by atoms with Gasteiger partial charge in [0.25, 0.3) is 0 Å². The summed E-state index contributed by atoms with van der Waals surface area (Å²) in [5.41, 5.74) is 10.6. The molecule has 0 N–H and O–H groups in total. The molecule has 0 aromatic heterocycles. The standard InChI is InChI=1S/C41H52O/c1-5-7-9-10-11-12-13-15-23-35-27-30-39(34-21-16-14-17-22-34)41(37-24-18-19-32(3)31-37)40(35)36-25-28-38(29-26-36)42-33(4)20-8-6-2/h14,16-19,21-22,24-31,33H,5-13,15,20,23H2,1-4H3/t33-/m0/s1. The van der Waals surface area contributed by atoms with Crippen LogP contribution in [0.5, 0.6) is 5.75 Å². The SMILES string of the molecule is CCCCCCCCCCc1ccc(-c2ccccc2)c(-c2cccc(C)c2)c1-c1ccc(O[C@@H](C)CCCC)cc1. The summed E-state index contributed by atoms with van der Waals surface area (Å²) in [6.07, 6.45) is 15.5. The minimum atomic E-state index is 0.234. The molecule has 0 aliphatic carbocycles. The minimum Gasteiger partial charge on any atom is -0.491 e. The molecule has 4 aromatic rings. The van der Waals surface area contributed by atoms with Crippen LogP contribution in [0.2, 0.25) is 0 Å². The molecule has 4 aromatic carbocycles. The minimum absolute atomic E-state index is 0.234. The van der Waals surface area contributed by atoms with Crippen molar-refractivity contribution in [2.24, 2.45) is 0 Å². The highest BCUT2D eigenvalue weighted by molar-refractivity contribution is 5.96. The maximum absolute atomic E-state index is 6.29. The van der Waals surface area contributed by atoms with Crippen molar-refractivity contribution in [2.45, 2.75) is 111 Å². The van der Waals surface area contributed by atoms with E-state index in [0.717, 1.165) is 18.6 Å². The van der Waals surface area contributed by atoms with Crippen LogP contribution in [0.25, 0.3) is 33.4 Å². The van der Waals surface area contributed by atoms with E-state index in [4.69, 9.17) is 4.74 Å². The zero-order valence-electron chi connectivity index (χ0n) is 26.6. The van der Waals surface area contributed by atoms with Crippen LogP contribution >= 0.6 is 0 Å². The molecule has 0 spiro atoms. The Hall–Kier alpha value is -3.32. The van der Waals surface area contributed by atoms with Gasteiger partial charge in [0.1, 0.15) is 5.75 Å². The first-order valence-corrected chi connectivity index (χ1v) is 16.7. The van der Waals surface area contributed by atoms with Crippen LogP contribution in [0.3, 0.4) is 0 Å². The van der Waals surface area contributed by atoms with E-state index in [2.05, 4.69) is 119 Å². The monoisotopic (exact) mass is 560 g/mol. The third kappa shape index (κ3) is 9.09. The Kier molecular flexibility index (Phi) is 12.8. The molecule has 0 bridgehead atoms. The zero-order valence-corrected chi connectivity index (χ0v) is 26.6. The van der Waals surface area contributed by atoms with Crippen LogP contribution in [0.15, 0.2) is 91.0 Å². The fourth-order valence-corrected chi connectivity index (χ4v) is 6.07. The number of hydrogen-bond donors (Lipinski definition) is 0. The van der Waals surface area contributed by atoms with Gasteiger partial charge in [-0.1, -0.05) is 156 Å². The normalized spacial score (nSPS) is 11.9. The Bertz CT molecular complexity index is 1340. The summed E-state index contributed by atoms with van der Waals surface area (Å²) < 4.78 is 6.29. The molecule has 0 saturated heterocycles. The number of rotatable bonds is 17. The molecule has 0 unspecified atom stereocenters. The average Bonchev–Trinajstić information content (AvgIpc) is 3.02. The van der Waals surface area contributed by atoms with Crippen LogP contribution < -0.4 is 4.74 Å². The first kappa shape index (κ1) is 31.6. The zero-order chi connectivity index (χ0) is 29.6. The lowest BCUT2D eigenvalue weighted by atomic mass is 9.83. The van der Waals surface area contributed by atoms with E-state index < -0.39 is 0 Å². The molecule has 1 nitrogen and oxygen atoms in total. The number of benzene rings is 4. The Morgan fingerprint density at radius 1 is 0.571 bits per heavy atom. The van der Waals surface area contributed by atoms with Gasteiger partial charge in [0.2, 0.25) is 0 Å². The van der Waals surface area contributed by atoms with Crippen molar-refractivity contribution >= 4 is 0 Å². The molecule has 0 radical (unpaired) electrons. The third-order valence-corrected chi connectivity index (χ3v) is 8.43. The van der Waals surface area contributed by atoms with Crippen molar-refractivity contribution in [3.63, 3.8) is 0 Å². The summed E-state index contributed by atoms with van der Waals surface area (Å²) in [5, 5.41) is 0. The van der Waals surface area contributed by atoms with Crippen molar-refractivity contribution in [2.75, 3.05) is 0 Å². The Morgan fingerprint density at radius 3 is 1.93 bits per heavy atom. The van der Waals surface area contributed by atoms with Gasteiger partial charge in [-0.3, -0.25) is 0 Å². The lowest BCUT2D eigenvalue weighted by molar-refractivity contribution is 0.207. The Balaban J connectivity index is 1.71. The van der Waals surface area contributed by atoms with E-state index in [1.165, 1.54) is 109 Å². The molecule has 0 saturated carbocycles. The van der Waals surface area contributed by atoms with Gasteiger partial charge in [-0.15, -0.1) is 0 Å². The smallest absolute Gasteiger partial charge is 0.119 e. The fraction of sp³-hybridized carbons (Fsp3) is 0.415. The summed E-state index contributed by atoms with van der Waals surface area (Å²) in [7, 11) is 0. The first-order chi connectivity index (χ1) is 20.6. The topological polar surface area (TPSA) is 9.23 Å². The van der Waals surface area contributed by atoms with Gasteiger partial charge in [-0.2, -0.15) is 0 Å². The lowest BCUT2D eigenvalue weighted by Crippen LogP contribution is -2.11. The predicted molar refractivity (Wildman–Crippen MR) is 183 cm³/mol. The predicted octanol–water partition coefficient (Wildman–Crippen LogP) is 12.6. The third-order valence-electron chi connectivity index (χ3n) is 8.43. The van der Waals surface area contributed by atoms with Crippen molar-refractivity contribution in [1.82, 2.24) is 0 Å². The molecular weight excluding hydrogens is 508 g/mol. The van der Waals surface area contributed by atoms with Crippen molar-refractivity contribution in [3.8, 4) is 39.1 Å². The maximum Gasteiger partial charge on any atom is 0.119 e. The summed E-state index contributed by atoms with van der Waals surface area (Å²) in [6, 6.07) is 33.6. The van der Waals surface area contributed by atoms with Crippen LogP contribution in [0.4, 0.5) is 0 Å². The van der Waals surface area contributed by atoms with Gasteiger partial charge in [0.05, 0.1) is 6.10 Å². The molecular formula is C41H52O. The second-order valence-corrected chi connectivity index (χ2v) is 12.1. The lowest BCUT2D eigenvalue weighted by Gasteiger charge is -2.21. The molecule has 1 atom stereocenters. The highest BCUT2D eigenvalue weighted by Crippen LogP contribution is 2.43. The highest BCUT2D eigenvalue weighted by Gasteiger charge is 2.18. The average molecular weight is 561 g/mol. The van der Waals surface area contributed by atoms with E-state index in [9.17, 15) is 0 Å². The summed E-state index contributed by atoms with van der Waals surface area (Å²) >= 11 is 0. The van der Waals surface area contributed by atoms with Gasteiger partial charge in [-0.05, 0) is 84.2 Å². The second-order valence-electron chi connectivity index (χ2n) is 12.1. The van der Waals surface area contributed by atoms with Crippen LogP contribution in [0, 0.1) is 6.92 Å². The molecule has 0 heterocycles. The van der Waals surface area contributed by atoms with Gasteiger partial charge < -0.3 is 4.74 Å². The Labute approximate surface area is 256 Å². The number of ether oxygens (including phenoxy) is 1. The number of aryl methyl sites for hydroxylation is 2. The fourth-order valence-electron chi connectivity index (χ4n) is 6.07. The van der Waals surface area contributed by atoms with Gasteiger partial charge >= 0.3 is 0 Å². The highest BCUT2D eigenvalue weighted by atomic mass is 16.5. The summed E-state index contributed by atoms with van der Waals surface area (Å²) in [5.74, 6) is 0.961. The molecule has 222 valence electrons. The quantitative estimate of drug-likeness (QED) is 0.117. The van der Waals surface area contributed by atoms with E-state index in [-0.39, 0.29) is 6.10 Å². The molecule has 0 aliphatic rings. The molecule has 0 aliphatic heterocycles. The first-order valence-electron chi connectivity index (χ1n) is 16.7. The van der Waals surface area contributed by atoms with Crippen molar-refractivity contribution in [3.05, 3.63) is 102 Å². The maximum atomic E-state index is 6.29. The molecule has 4 rings (SSSR count). The largest absolute Gasteiger partial charge is 0.491 e. The van der Waals surface area contributed by atoms with Crippen LogP contribution in [-0.2, 0) is 6.42 Å². The van der Waals surface area contributed by atoms with Crippen molar-refractivity contribution in [1.29, 1.82) is 0 Å². The van der Waals surface area contributed by atoms with Crippen LogP contribution in [-0.4, -0.2) is 6.10 Å². The van der Waals surface area contributed by atoms with E-state index >= 15 is 0 Å². The Morgan fingerprint density at radius 2 is 1.24 bits per heavy atom. The molecule has 0 amide bonds. The molecule has 1 heteroatoms. The van der Waals surface area contributed by atoms with Gasteiger partial charge in [0, 0.05) is 0 Å². The van der Waals surface area contributed by atoms with Gasteiger partial charge in [0.15, 0.2) is 0 Å². The summed E-state index contributed by atoms with van der Waals surface area (Å²) in [6.45, 7) is 8.91. The molecule has 42 heavy (non-hydrogen) atoms. The van der Waals surface area contributed by atoms with E-state index in [0.29, 0.717) is 0 Å². The number of hydrogen-bond acceptors (Lipinski definition) is 1. The molecule has 0 fully saturated rings. The van der Waals surface area contributed by atoms with E-state index in [1.807, 2.05) is 0 Å². The van der Waals surface area contributed by atoms with Gasteiger partial charge in [-0.25, -0.2) is 0 Å². The van der Waals surface area contributed by atoms with E-state index in [1.54, 1.807) is 0 Å². The van der Waals surface area contributed by atoms with Crippen molar-refractivity contribution < 1.29 is 4.74 Å². The second kappa shape index (κ2) is 17.0. The summed E-state index contributed by atoms with van der Waals surface area (Å²) in [4.78, 5) is 0. The number of unbranched alkanes of at least 4 members (excludes halogenated alkanes) is 8. The van der Waals surface area contributed by atoms with Crippen LogP contribution in [0.1, 0.15) is 103 Å².